The highest BCUT2D eigenvalue weighted by molar-refractivity contribution is 7.91. The summed E-state index contributed by atoms with van der Waals surface area (Å²) in [6, 6.07) is 7.05. The number of esters is 1. The van der Waals surface area contributed by atoms with Crippen molar-refractivity contribution in [1.82, 2.24) is 0 Å². The van der Waals surface area contributed by atoms with Gasteiger partial charge in [0.05, 0.1) is 24.0 Å². The average molecular weight is 284 g/mol. The molecule has 19 heavy (non-hydrogen) atoms. The van der Waals surface area contributed by atoms with E-state index in [1.807, 2.05) is 0 Å². The van der Waals surface area contributed by atoms with Crippen molar-refractivity contribution in [1.29, 1.82) is 0 Å². The van der Waals surface area contributed by atoms with Gasteiger partial charge in [0.25, 0.3) is 0 Å². The number of hydrogen-bond acceptors (Lipinski definition) is 4. The summed E-state index contributed by atoms with van der Waals surface area (Å²) >= 11 is 0. The van der Waals surface area contributed by atoms with E-state index in [4.69, 9.17) is 0 Å². The molecule has 0 heterocycles. The molecule has 0 spiro atoms. The summed E-state index contributed by atoms with van der Waals surface area (Å²) in [7, 11) is -1.95. The van der Waals surface area contributed by atoms with Crippen molar-refractivity contribution in [3.8, 4) is 0 Å². The maximum atomic E-state index is 12.2. The van der Waals surface area contributed by atoms with E-state index in [-0.39, 0.29) is 18.1 Å². The molecule has 0 aromatic heterocycles. The van der Waals surface area contributed by atoms with Gasteiger partial charge in [0.2, 0.25) is 0 Å². The van der Waals surface area contributed by atoms with Crippen molar-refractivity contribution in [2.24, 2.45) is 0 Å². The minimum Gasteiger partial charge on any atom is -0.469 e. The Balaban J connectivity index is 3.06. The lowest BCUT2D eigenvalue weighted by atomic mass is 10.1. The number of hydrogen-bond donors (Lipinski definition) is 0. The van der Waals surface area contributed by atoms with Crippen molar-refractivity contribution >= 4 is 15.8 Å². The Morgan fingerprint density at radius 3 is 2.16 bits per heavy atom. The quantitative estimate of drug-likeness (QED) is 0.795. The van der Waals surface area contributed by atoms with Crippen LogP contribution < -0.4 is 0 Å². The van der Waals surface area contributed by atoms with E-state index in [2.05, 4.69) is 4.74 Å². The maximum absolute atomic E-state index is 12.2. The van der Waals surface area contributed by atoms with Crippen molar-refractivity contribution in [3.63, 3.8) is 0 Å². The average Bonchev–Trinajstić information content (AvgIpc) is 2.29. The number of rotatable bonds is 4. The number of benzene rings is 1. The van der Waals surface area contributed by atoms with Gasteiger partial charge in [0.15, 0.2) is 9.84 Å². The first-order valence-corrected chi connectivity index (χ1v) is 7.68. The van der Waals surface area contributed by atoms with E-state index >= 15 is 0 Å². The van der Waals surface area contributed by atoms with E-state index in [1.165, 1.54) is 7.11 Å². The minimum atomic E-state index is -3.27. The highest BCUT2D eigenvalue weighted by atomic mass is 32.2. The van der Waals surface area contributed by atoms with Gasteiger partial charge in [0.1, 0.15) is 0 Å². The van der Waals surface area contributed by atoms with Crippen LogP contribution in [0.1, 0.15) is 31.9 Å². The Kier molecular flexibility index (Phi) is 4.74. The molecule has 0 aliphatic carbocycles. The lowest BCUT2D eigenvalue weighted by Crippen LogP contribution is -2.29. The van der Waals surface area contributed by atoms with Crippen LogP contribution in [0.3, 0.4) is 0 Å². The molecule has 0 aliphatic heterocycles. The van der Waals surface area contributed by atoms with Crippen LogP contribution in [0.25, 0.3) is 0 Å². The molecule has 0 bridgehead atoms. The third-order valence-electron chi connectivity index (χ3n) is 2.96. The Morgan fingerprint density at radius 1 is 1.16 bits per heavy atom. The molecule has 106 valence electrons. The van der Waals surface area contributed by atoms with Gasteiger partial charge < -0.3 is 4.74 Å². The summed E-state index contributed by atoms with van der Waals surface area (Å²) in [6.45, 7) is 5.02. The van der Waals surface area contributed by atoms with Crippen LogP contribution >= 0.6 is 0 Å². The normalized spacial score (nSPS) is 12.2. The second kappa shape index (κ2) is 5.74. The lowest BCUT2D eigenvalue weighted by Gasteiger charge is -2.20. The maximum Gasteiger partial charge on any atom is 0.309 e. The topological polar surface area (TPSA) is 60.4 Å². The molecular formula is C14H20O4S. The van der Waals surface area contributed by atoms with Gasteiger partial charge in [-0.2, -0.15) is 0 Å². The molecule has 0 atom stereocenters. The summed E-state index contributed by atoms with van der Waals surface area (Å²) in [5.74, 6) is -0.440. The van der Waals surface area contributed by atoms with Crippen LogP contribution in [0.5, 0.6) is 0 Å². The number of ether oxygens (including phenoxy) is 1. The number of carbonyl (C=O) groups is 1. The summed E-state index contributed by atoms with van der Waals surface area (Å²) in [5.41, 5.74) is 1.35. The number of methoxy groups -OCH3 is 1. The minimum absolute atomic E-state index is 0.0658. The second-order valence-electron chi connectivity index (χ2n) is 5.39. The van der Waals surface area contributed by atoms with Crippen molar-refractivity contribution in [3.05, 3.63) is 35.4 Å². The van der Waals surface area contributed by atoms with Gasteiger partial charge in [-0.25, -0.2) is 8.42 Å². The van der Waals surface area contributed by atoms with Crippen LogP contribution in [0, 0.1) is 0 Å². The zero-order valence-corrected chi connectivity index (χ0v) is 12.6. The highest BCUT2D eigenvalue weighted by Gasteiger charge is 2.29. The SMILES string of the molecule is COC(=O)Cc1ccccc1CS(=O)(=O)C(C)(C)C. The van der Waals surface area contributed by atoms with E-state index < -0.39 is 14.6 Å². The predicted molar refractivity (Wildman–Crippen MR) is 74.5 cm³/mol. The Labute approximate surface area is 114 Å². The highest BCUT2D eigenvalue weighted by Crippen LogP contribution is 2.22. The first kappa shape index (κ1) is 15.7. The molecule has 1 aromatic carbocycles. The van der Waals surface area contributed by atoms with Gasteiger partial charge in [-0.05, 0) is 31.9 Å². The molecule has 5 heteroatoms. The van der Waals surface area contributed by atoms with E-state index in [9.17, 15) is 13.2 Å². The first-order chi connectivity index (χ1) is 8.67. The Morgan fingerprint density at radius 2 is 1.68 bits per heavy atom. The third-order valence-corrected chi connectivity index (χ3v) is 5.52. The van der Waals surface area contributed by atoms with Gasteiger partial charge in [-0.15, -0.1) is 0 Å². The smallest absolute Gasteiger partial charge is 0.309 e. The predicted octanol–water partition coefficient (Wildman–Crippen LogP) is 2.12. The molecule has 4 nitrogen and oxygen atoms in total. The molecule has 0 aliphatic rings. The largest absolute Gasteiger partial charge is 0.469 e. The summed E-state index contributed by atoms with van der Waals surface area (Å²) in [4.78, 5) is 11.3. The van der Waals surface area contributed by atoms with Crippen LogP contribution in [0.2, 0.25) is 0 Å². The first-order valence-electron chi connectivity index (χ1n) is 6.03. The second-order valence-corrected chi connectivity index (χ2v) is 8.14. The van der Waals surface area contributed by atoms with Crippen LogP contribution in [-0.4, -0.2) is 26.2 Å². The lowest BCUT2D eigenvalue weighted by molar-refractivity contribution is -0.139. The standard InChI is InChI=1S/C14H20O4S/c1-14(2,3)19(16,17)10-12-8-6-5-7-11(12)9-13(15)18-4/h5-8H,9-10H2,1-4H3. The van der Waals surface area contributed by atoms with Crippen molar-refractivity contribution in [2.75, 3.05) is 7.11 Å². The van der Waals surface area contributed by atoms with Gasteiger partial charge in [0, 0.05) is 0 Å². The zero-order chi connectivity index (χ0) is 14.7. The fraction of sp³-hybridized carbons (Fsp3) is 0.500. The van der Waals surface area contributed by atoms with Gasteiger partial charge in [-0.3, -0.25) is 4.79 Å². The van der Waals surface area contributed by atoms with Crippen molar-refractivity contribution < 1.29 is 17.9 Å². The fourth-order valence-electron chi connectivity index (χ4n) is 1.52. The molecule has 1 aromatic rings. The molecular weight excluding hydrogens is 264 g/mol. The number of carbonyl (C=O) groups excluding carboxylic acids is 1. The number of sulfone groups is 1. The van der Waals surface area contributed by atoms with Crippen molar-refractivity contribution in [2.45, 2.75) is 37.7 Å². The third kappa shape index (κ3) is 4.06. The van der Waals surface area contributed by atoms with Crippen LogP contribution in [-0.2, 0) is 31.5 Å². The zero-order valence-electron chi connectivity index (χ0n) is 11.8. The molecule has 1 rings (SSSR count). The summed E-state index contributed by atoms with van der Waals surface area (Å²) in [6.07, 6.45) is 0.0896. The summed E-state index contributed by atoms with van der Waals surface area (Å²) < 4.78 is 28.2. The van der Waals surface area contributed by atoms with E-state index in [0.29, 0.717) is 11.1 Å². The van der Waals surface area contributed by atoms with Crippen LogP contribution in [0.15, 0.2) is 24.3 Å². The van der Waals surface area contributed by atoms with E-state index in [0.717, 1.165) is 0 Å². The molecule has 0 unspecified atom stereocenters. The Hall–Kier alpha value is -1.36. The fourth-order valence-corrected chi connectivity index (χ4v) is 2.64. The van der Waals surface area contributed by atoms with Gasteiger partial charge in [-0.1, -0.05) is 24.3 Å². The molecule has 0 saturated carbocycles. The van der Waals surface area contributed by atoms with Gasteiger partial charge >= 0.3 is 5.97 Å². The van der Waals surface area contributed by atoms with Crippen LogP contribution in [0.4, 0.5) is 0 Å². The molecule has 0 radical (unpaired) electrons. The monoisotopic (exact) mass is 284 g/mol. The Bertz CT molecular complexity index is 553. The summed E-state index contributed by atoms with van der Waals surface area (Å²) in [5, 5.41) is 0. The molecule has 0 N–H and O–H groups in total. The molecule has 0 saturated heterocycles. The van der Waals surface area contributed by atoms with E-state index in [1.54, 1.807) is 45.0 Å². The molecule has 0 amide bonds. The molecule has 0 fully saturated rings.